The molecule has 0 saturated carbocycles. The summed E-state index contributed by atoms with van der Waals surface area (Å²) < 4.78 is 16.9. The number of aliphatic carboxylic acids is 1. The van der Waals surface area contributed by atoms with Crippen molar-refractivity contribution in [3.63, 3.8) is 0 Å². The van der Waals surface area contributed by atoms with E-state index < -0.39 is 28.7 Å². The molecule has 7 heteroatoms. The molecular weight excluding hydrogens is 282 g/mol. The highest BCUT2D eigenvalue weighted by Gasteiger charge is 2.21. The molecule has 2 atom stereocenters. The van der Waals surface area contributed by atoms with Gasteiger partial charge in [0.15, 0.2) is 0 Å². The van der Waals surface area contributed by atoms with Crippen molar-refractivity contribution in [2.24, 2.45) is 0 Å². The summed E-state index contributed by atoms with van der Waals surface area (Å²) in [5.41, 5.74) is 0.816. The second-order valence-corrected chi connectivity index (χ2v) is 5.69. The zero-order chi connectivity index (χ0) is 15.1. The smallest absolute Gasteiger partial charge is 0.327 e. The fourth-order valence-electron chi connectivity index (χ4n) is 1.57. The molecule has 2 N–H and O–H groups in total. The number of methoxy groups -OCH3 is 1. The summed E-state index contributed by atoms with van der Waals surface area (Å²) >= 11 is 0. The molecule has 0 radical (unpaired) electrons. The van der Waals surface area contributed by atoms with Crippen LogP contribution in [0.4, 0.5) is 0 Å². The molecule has 0 heterocycles. The lowest BCUT2D eigenvalue weighted by Gasteiger charge is -2.12. The minimum absolute atomic E-state index is 0.124. The number of hydrogen-bond donors (Lipinski definition) is 2. The maximum absolute atomic E-state index is 11.9. The van der Waals surface area contributed by atoms with Crippen LogP contribution in [0.5, 0.6) is 5.75 Å². The van der Waals surface area contributed by atoms with Crippen LogP contribution in [0.15, 0.2) is 24.3 Å². The van der Waals surface area contributed by atoms with Gasteiger partial charge >= 0.3 is 5.97 Å². The number of carbonyl (C=O) groups excluding carboxylic acids is 1. The van der Waals surface area contributed by atoms with E-state index in [0.29, 0.717) is 5.75 Å². The van der Waals surface area contributed by atoms with E-state index in [1.54, 1.807) is 31.4 Å². The van der Waals surface area contributed by atoms with Crippen molar-refractivity contribution in [3.8, 4) is 5.75 Å². The number of nitrogens with one attached hydrogen (secondary N) is 1. The van der Waals surface area contributed by atoms with Gasteiger partial charge in [-0.3, -0.25) is 9.00 Å². The topological polar surface area (TPSA) is 92.7 Å². The third-order valence-electron chi connectivity index (χ3n) is 2.51. The van der Waals surface area contributed by atoms with Crippen molar-refractivity contribution < 1.29 is 23.6 Å². The van der Waals surface area contributed by atoms with Crippen molar-refractivity contribution in [3.05, 3.63) is 29.8 Å². The van der Waals surface area contributed by atoms with E-state index in [-0.39, 0.29) is 11.5 Å². The Labute approximate surface area is 119 Å². The van der Waals surface area contributed by atoms with E-state index in [0.717, 1.165) is 5.56 Å². The number of benzene rings is 1. The monoisotopic (exact) mass is 299 g/mol. The lowest BCUT2D eigenvalue weighted by Crippen LogP contribution is -2.43. The van der Waals surface area contributed by atoms with Gasteiger partial charge in [0, 0.05) is 23.5 Å². The largest absolute Gasteiger partial charge is 0.497 e. The van der Waals surface area contributed by atoms with Gasteiger partial charge in [0.1, 0.15) is 11.8 Å². The number of carbonyl (C=O) groups is 2. The van der Waals surface area contributed by atoms with E-state index in [1.807, 2.05) is 0 Å². The highest BCUT2D eigenvalue weighted by molar-refractivity contribution is 7.84. The van der Waals surface area contributed by atoms with Crippen molar-refractivity contribution in [2.75, 3.05) is 12.9 Å². The van der Waals surface area contributed by atoms with Gasteiger partial charge in [-0.05, 0) is 17.7 Å². The van der Waals surface area contributed by atoms with Gasteiger partial charge in [0.05, 0.1) is 12.9 Å². The maximum atomic E-state index is 11.9. The number of hydrogen-bond acceptors (Lipinski definition) is 4. The molecule has 1 aromatic rings. The number of rotatable bonds is 7. The zero-order valence-electron chi connectivity index (χ0n) is 11.3. The molecule has 0 bridgehead atoms. The van der Waals surface area contributed by atoms with Crippen LogP contribution in [0.3, 0.4) is 0 Å². The number of ether oxygens (including phenoxy) is 1. The molecule has 1 rings (SSSR count). The van der Waals surface area contributed by atoms with Crippen LogP contribution in [0.1, 0.15) is 12.5 Å². The Morgan fingerprint density at radius 3 is 2.40 bits per heavy atom. The van der Waals surface area contributed by atoms with Crippen molar-refractivity contribution in [1.29, 1.82) is 0 Å². The summed E-state index contributed by atoms with van der Waals surface area (Å²) in [6.07, 6.45) is 0. The SMILES string of the molecule is COc1ccc(CS(=O)CC(NC(C)=O)C(=O)O)cc1. The molecule has 0 aliphatic heterocycles. The van der Waals surface area contributed by atoms with Crippen LogP contribution in [-0.2, 0) is 26.1 Å². The third kappa shape index (κ3) is 5.40. The summed E-state index contributed by atoms with van der Waals surface area (Å²) in [5.74, 6) is -0.850. The van der Waals surface area contributed by atoms with Crippen LogP contribution in [0.2, 0.25) is 0 Å². The molecule has 0 aromatic heterocycles. The molecule has 0 aliphatic carbocycles. The van der Waals surface area contributed by atoms with Gasteiger partial charge in [-0.25, -0.2) is 4.79 Å². The molecule has 0 spiro atoms. The molecule has 20 heavy (non-hydrogen) atoms. The fourth-order valence-corrected chi connectivity index (χ4v) is 2.85. The lowest BCUT2D eigenvalue weighted by molar-refractivity contribution is -0.140. The second kappa shape index (κ2) is 7.64. The Kier molecular flexibility index (Phi) is 6.17. The Hall–Kier alpha value is -1.89. The minimum Gasteiger partial charge on any atom is -0.497 e. The van der Waals surface area contributed by atoms with Crippen molar-refractivity contribution in [2.45, 2.75) is 18.7 Å². The molecular formula is C13H17NO5S. The Morgan fingerprint density at radius 2 is 1.95 bits per heavy atom. The summed E-state index contributed by atoms with van der Waals surface area (Å²) in [7, 11) is 0.171. The standard InChI is InChI=1S/C13H17NO5S/c1-9(15)14-12(13(16)17)8-20(18)7-10-3-5-11(19-2)6-4-10/h3-6,12H,7-8H2,1-2H3,(H,14,15)(H,16,17). The molecule has 6 nitrogen and oxygen atoms in total. The van der Waals surface area contributed by atoms with E-state index in [2.05, 4.69) is 5.32 Å². The van der Waals surface area contributed by atoms with E-state index in [9.17, 15) is 13.8 Å². The van der Waals surface area contributed by atoms with Crippen LogP contribution in [0.25, 0.3) is 0 Å². The van der Waals surface area contributed by atoms with Gasteiger partial charge in [-0.15, -0.1) is 0 Å². The average molecular weight is 299 g/mol. The normalized spacial score (nSPS) is 13.3. The highest BCUT2D eigenvalue weighted by Crippen LogP contribution is 2.13. The first-order valence-electron chi connectivity index (χ1n) is 5.90. The first kappa shape index (κ1) is 16.2. The molecule has 1 aromatic carbocycles. The number of carboxylic acid groups (broad SMARTS) is 1. The van der Waals surface area contributed by atoms with E-state index in [1.165, 1.54) is 6.92 Å². The summed E-state index contributed by atoms with van der Waals surface area (Å²) in [5, 5.41) is 11.2. The number of carboxylic acids is 1. The van der Waals surface area contributed by atoms with E-state index in [4.69, 9.17) is 9.84 Å². The quantitative estimate of drug-likeness (QED) is 0.766. The van der Waals surface area contributed by atoms with Crippen LogP contribution in [-0.4, -0.2) is 40.1 Å². The van der Waals surface area contributed by atoms with Crippen molar-refractivity contribution in [1.82, 2.24) is 5.32 Å². The van der Waals surface area contributed by atoms with Gasteiger partial charge in [0.25, 0.3) is 0 Å². The molecule has 1 amide bonds. The minimum atomic E-state index is -1.38. The molecule has 0 fully saturated rings. The van der Waals surface area contributed by atoms with Gasteiger partial charge < -0.3 is 15.2 Å². The first-order valence-corrected chi connectivity index (χ1v) is 7.39. The molecule has 0 saturated heterocycles. The fraction of sp³-hybridized carbons (Fsp3) is 0.385. The lowest BCUT2D eigenvalue weighted by atomic mass is 10.2. The molecule has 110 valence electrons. The van der Waals surface area contributed by atoms with Crippen molar-refractivity contribution >= 4 is 22.7 Å². The maximum Gasteiger partial charge on any atom is 0.327 e. The van der Waals surface area contributed by atoms with Crippen LogP contribution in [0, 0.1) is 0 Å². The zero-order valence-corrected chi connectivity index (χ0v) is 12.1. The Morgan fingerprint density at radius 1 is 1.35 bits per heavy atom. The van der Waals surface area contributed by atoms with E-state index >= 15 is 0 Å². The third-order valence-corrected chi connectivity index (χ3v) is 3.88. The molecule has 0 aliphatic rings. The highest BCUT2D eigenvalue weighted by atomic mass is 32.2. The predicted molar refractivity (Wildman–Crippen MR) is 74.9 cm³/mol. The van der Waals surface area contributed by atoms with Gasteiger partial charge in [-0.2, -0.15) is 0 Å². The Bertz CT molecular complexity index is 500. The number of amides is 1. The first-order chi connectivity index (χ1) is 9.42. The van der Waals surface area contributed by atoms with Crippen LogP contribution < -0.4 is 10.1 Å². The summed E-state index contributed by atoms with van der Waals surface area (Å²) in [6, 6.07) is 5.89. The predicted octanol–water partition coefficient (Wildman–Crippen LogP) is 0.533. The average Bonchev–Trinajstić information content (AvgIpc) is 2.38. The van der Waals surface area contributed by atoms with Gasteiger partial charge in [0.2, 0.25) is 5.91 Å². The van der Waals surface area contributed by atoms with Gasteiger partial charge in [-0.1, -0.05) is 12.1 Å². The molecule has 2 unspecified atom stereocenters. The summed E-state index contributed by atoms with van der Waals surface area (Å²) in [6.45, 7) is 1.22. The Balaban J connectivity index is 2.60. The second-order valence-electron chi connectivity index (χ2n) is 4.19. The summed E-state index contributed by atoms with van der Waals surface area (Å²) in [4.78, 5) is 21.8. The van der Waals surface area contributed by atoms with Crippen LogP contribution >= 0.6 is 0 Å².